The molecule has 1 heterocycles. The lowest BCUT2D eigenvalue weighted by atomic mass is 10.1. The highest BCUT2D eigenvalue weighted by Gasteiger charge is 2.32. The third-order valence-electron chi connectivity index (χ3n) is 5.26. The van der Waals surface area contributed by atoms with Gasteiger partial charge in [0, 0.05) is 13.1 Å². The summed E-state index contributed by atoms with van der Waals surface area (Å²) in [6.45, 7) is 11.6. The highest BCUT2D eigenvalue weighted by atomic mass is 28.2. The summed E-state index contributed by atoms with van der Waals surface area (Å²) in [7, 11) is 0.132. The average molecular weight is 426 g/mol. The number of halogens is 3. The summed E-state index contributed by atoms with van der Waals surface area (Å²) in [4.78, 5) is 2.50. The number of alkyl halides is 3. The lowest BCUT2D eigenvalue weighted by Crippen LogP contribution is -2.45. The van der Waals surface area contributed by atoms with Crippen LogP contribution in [0.4, 0.5) is 13.2 Å². The molecule has 1 aliphatic rings. The standard InChI is InChI=1S/C23H34F3NOSi/c1-18(17-29-22-13-9-8-12-21(22)23(24,25)26)11-7-5-4-6-10-14-27-15-19(2)28-20(3)16-27/h8-9,12-13,19-20H,1,4-7,10-11,14-17H2,2-3H3. The van der Waals surface area contributed by atoms with Crippen LogP contribution in [0, 0.1) is 0 Å². The van der Waals surface area contributed by atoms with Crippen molar-refractivity contribution >= 4 is 14.7 Å². The van der Waals surface area contributed by atoms with E-state index in [-0.39, 0.29) is 9.52 Å². The van der Waals surface area contributed by atoms with Crippen LogP contribution in [0.5, 0.6) is 0 Å². The molecule has 1 fully saturated rings. The molecule has 0 spiro atoms. The van der Waals surface area contributed by atoms with Gasteiger partial charge in [-0.2, -0.15) is 13.2 Å². The van der Waals surface area contributed by atoms with E-state index < -0.39 is 11.7 Å². The number of benzene rings is 1. The summed E-state index contributed by atoms with van der Waals surface area (Å²) in [5.74, 6) is 0. The number of hydrogen-bond donors (Lipinski definition) is 0. The molecule has 1 aromatic carbocycles. The fourth-order valence-corrected chi connectivity index (χ4v) is 5.15. The van der Waals surface area contributed by atoms with Crippen LogP contribution in [0.1, 0.15) is 57.9 Å². The summed E-state index contributed by atoms with van der Waals surface area (Å²) in [5, 5.41) is 0.396. The van der Waals surface area contributed by atoms with Gasteiger partial charge in [-0.15, -0.1) is 6.58 Å². The first-order valence-electron chi connectivity index (χ1n) is 10.7. The van der Waals surface area contributed by atoms with Gasteiger partial charge in [-0.25, -0.2) is 0 Å². The van der Waals surface area contributed by atoms with Crippen molar-refractivity contribution in [2.45, 2.75) is 76.8 Å². The smallest absolute Gasteiger partial charge is 0.373 e. The molecule has 1 aliphatic heterocycles. The first kappa shape index (κ1) is 24.2. The van der Waals surface area contributed by atoms with Crippen molar-refractivity contribution in [2.75, 3.05) is 19.6 Å². The third kappa shape index (κ3) is 9.05. The minimum Gasteiger partial charge on any atom is -0.373 e. The van der Waals surface area contributed by atoms with E-state index in [1.165, 1.54) is 31.4 Å². The highest BCUT2D eigenvalue weighted by molar-refractivity contribution is 6.54. The Balaban J connectivity index is 1.54. The van der Waals surface area contributed by atoms with E-state index >= 15 is 0 Å². The molecule has 0 amide bonds. The Morgan fingerprint density at radius 3 is 2.38 bits per heavy atom. The van der Waals surface area contributed by atoms with Crippen LogP contribution >= 0.6 is 0 Å². The second-order valence-corrected chi connectivity index (χ2v) is 9.43. The predicted molar refractivity (Wildman–Crippen MR) is 115 cm³/mol. The van der Waals surface area contributed by atoms with Crippen molar-refractivity contribution in [2.24, 2.45) is 0 Å². The molecule has 2 radical (unpaired) electrons. The van der Waals surface area contributed by atoms with Crippen molar-refractivity contribution < 1.29 is 17.9 Å². The number of allylic oxidation sites excluding steroid dienone is 1. The molecule has 0 N–H and O–H groups in total. The Kier molecular flexibility index (Phi) is 9.93. The van der Waals surface area contributed by atoms with Crippen molar-refractivity contribution in [3.05, 3.63) is 42.0 Å². The molecule has 0 aliphatic carbocycles. The molecule has 29 heavy (non-hydrogen) atoms. The minimum atomic E-state index is -4.28. The fourth-order valence-electron chi connectivity index (χ4n) is 3.90. The van der Waals surface area contributed by atoms with Crippen LogP contribution in [0.3, 0.4) is 0 Å². The average Bonchev–Trinajstić information content (AvgIpc) is 2.64. The van der Waals surface area contributed by atoms with Crippen molar-refractivity contribution in [1.82, 2.24) is 4.90 Å². The Morgan fingerprint density at radius 1 is 1.07 bits per heavy atom. The van der Waals surface area contributed by atoms with E-state index in [9.17, 15) is 13.2 Å². The molecule has 162 valence electrons. The lowest BCUT2D eigenvalue weighted by molar-refractivity contribution is -0.136. The van der Waals surface area contributed by atoms with Gasteiger partial charge < -0.3 is 4.74 Å². The molecule has 2 atom stereocenters. The Bertz CT molecular complexity index is 625. The summed E-state index contributed by atoms with van der Waals surface area (Å²) in [6, 6.07) is 6.54. The maximum atomic E-state index is 13.1. The number of hydrogen-bond acceptors (Lipinski definition) is 2. The zero-order valence-corrected chi connectivity index (χ0v) is 18.7. The van der Waals surface area contributed by atoms with Gasteiger partial charge in [-0.3, -0.25) is 4.90 Å². The predicted octanol–water partition coefficient (Wildman–Crippen LogP) is 5.46. The summed E-state index contributed by atoms with van der Waals surface area (Å²) in [5.41, 5.74) is 0.562. The Morgan fingerprint density at radius 2 is 1.69 bits per heavy atom. The number of rotatable bonds is 11. The first-order chi connectivity index (χ1) is 13.8. The van der Waals surface area contributed by atoms with Crippen LogP contribution in [0.25, 0.3) is 0 Å². The molecular weight excluding hydrogens is 391 g/mol. The van der Waals surface area contributed by atoms with Crippen molar-refractivity contribution in [3.8, 4) is 0 Å². The van der Waals surface area contributed by atoms with Gasteiger partial charge in [0.05, 0.1) is 27.3 Å². The van der Waals surface area contributed by atoms with E-state index in [0.717, 1.165) is 44.5 Å². The molecule has 2 rings (SSSR count). The zero-order chi connectivity index (χ0) is 21.3. The molecule has 0 saturated carbocycles. The fraction of sp³-hybridized carbons (Fsp3) is 0.652. The van der Waals surface area contributed by atoms with Gasteiger partial charge in [0.15, 0.2) is 0 Å². The van der Waals surface area contributed by atoms with E-state index in [1.807, 2.05) is 0 Å². The van der Waals surface area contributed by atoms with Gasteiger partial charge in [0.1, 0.15) is 0 Å². The summed E-state index contributed by atoms with van der Waals surface area (Å²) >= 11 is 0. The Labute approximate surface area is 176 Å². The molecule has 2 unspecified atom stereocenters. The van der Waals surface area contributed by atoms with Crippen LogP contribution in [0.2, 0.25) is 6.04 Å². The molecule has 0 bridgehead atoms. The molecular formula is C23H34F3NOSi. The Hall–Kier alpha value is -1.11. The minimum absolute atomic E-state index is 0.132. The van der Waals surface area contributed by atoms with Gasteiger partial charge in [-0.1, -0.05) is 54.3 Å². The summed E-state index contributed by atoms with van der Waals surface area (Å²) in [6.07, 6.45) is 3.20. The van der Waals surface area contributed by atoms with E-state index in [2.05, 4.69) is 25.3 Å². The number of unbranched alkanes of at least 4 members (excludes halogenated alkanes) is 4. The molecule has 6 heteroatoms. The normalized spacial score (nSPS) is 20.7. The quantitative estimate of drug-likeness (QED) is 0.265. The van der Waals surface area contributed by atoms with Gasteiger partial charge in [0.25, 0.3) is 0 Å². The second-order valence-electron chi connectivity index (χ2n) is 8.18. The van der Waals surface area contributed by atoms with Crippen LogP contribution in [-0.2, 0) is 10.9 Å². The number of nitrogens with zero attached hydrogens (tertiary/aromatic N) is 1. The van der Waals surface area contributed by atoms with Crippen LogP contribution < -0.4 is 5.19 Å². The van der Waals surface area contributed by atoms with Crippen LogP contribution in [0.15, 0.2) is 36.4 Å². The monoisotopic (exact) mass is 425 g/mol. The number of ether oxygens (including phenoxy) is 1. The molecule has 1 saturated heterocycles. The van der Waals surface area contributed by atoms with Crippen molar-refractivity contribution in [3.63, 3.8) is 0 Å². The number of morpholine rings is 1. The van der Waals surface area contributed by atoms with Gasteiger partial charge >= 0.3 is 6.18 Å². The van der Waals surface area contributed by atoms with Gasteiger partial charge in [-0.05, 0) is 45.7 Å². The lowest BCUT2D eigenvalue weighted by Gasteiger charge is -2.35. The first-order valence-corrected chi connectivity index (χ1v) is 11.9. The molecule has 1 aromatic rings. The summed E-state index contributed by atoms with van der Waals surface area (Å²) < 4.78 is 44.9. The van der Waals surface area contributed by atoms with E-state index in [0.29, 0.717) is 23.4 Å². The SMILES string of the molecule is C=C(CCCCCCCN1CC(C)OC(C)C1)C[Si]c1ccccc1C(F)(F)F. The largest absolute Gasteiger partial charge is 0.416 e. The maximum Gasteiger partial charge on any atom is 0.416 e. The molecule has 0 aromatic heterocycles. The van der Waals surface area contributed by atoms with Crippen LogP contribution in [-0.4, -0.2) is 46.3 Å². The maximum absolute atomic E-state index is 13.1. The second kappa shape index (κ2) is 11.9. The van der Waals surface area contributed by atoms with Gasteiger partial charge in [0.2, 0.25) is 0 Å². The van der Waals surface area contributed by atoms with E-state index in [1.54, 1.807) is 12.1 Å². The third-order valence-corrected chi connectivity index (χ3v) is 6.75. The highest BCUT2D eigenvalue weighted by Crippen LogP contribution is 2.27. The topological polar surface area (TPSA) is 12.5 Å². The van der Waals surface area contributed by atoms with Crippen molar-refractivity contribution in [1.29, 1.82) is 0 Å². The molecule has 2 nitrogen and oxygen atoms in total. The zero-order valence-electron chi connectivity index (χ0n) is 17.7. The van der Waals surface area contributed by atoms with E-state index in [4.69, 9.17) is 4.74 Å².